The van der Waals surface area contributed by atoms with Crippen LogP contribution in [0.3, 0.4) is 0 Å². The maximum atomic E-state index is 12.6. The van der Waals surface area contributed by atoms with Crippen molar-refractivity contribution in [1.82, 2.24) is 0 Å². The predicted octanol–water partition coefficient (Wildman–Crippen LogP) is 4.24. The number of nitrogens with zero attached hydrogens (tertiary/aromatic N) is 1. The van der Waals surface area contributed by atoms with Gasteiger partial charge in [0.15, 0.2) is 0 Å². The van der Waals surface area contributed by atoms with Crippen LogP contribution in [-0.4, -0.2) is 19.3 Å². The number of alkyl halides is 3. The zero-order valence-corrected chi connectivity index (χ0v) is 11.6. The van der Waals surface area contributed by atoms with E-state index in [0.717, 1.165) is 12.1 Å². The molecule has 2 aromatic carbocycles. The third kappa shape index (κ3) is 3.72. The summed E-state index contributed by atoms with van der Waals surface area (Å²) in [7, 11) is 1.25. The average molecular weight is 307 g/mol. The van der Waals surface area contributed by atoms with Crippen molar-refractivity contribution in [3.05, 3.63) is 65.2 Å². The summed E-state index contributed by atoms with van der Waals surface area (Å²) in [5, 5.41) is 0. The predicted molar refractivity (Wildman–Crippen MR) is 76.5 cm³/mol. The number of benzene rings is 2. The largest absolute Gasteiger partial charge is 0.465 e. The van der Waals surface area contributed by atoms with Gasteiger partial charge in [-0.25, -0.2) is 4.79 Å². The van der Waals surface area contributed by atoms with Gasteiger partial charge < -0.3 is 4.74 Å². The summed E-state index contributed by atoms with van der Waals surface area (Å²) in [6.07, 6.45) is -3.09. The lowest BCUT2D eigenvalue weighted by atomic mass is 10.1. The van der Waals surface area contributed by atoms with E-state index >= 15 is 0 Å². The summed E-state index contributed by atoms with van der Waals surface area (Å²) in [5.41, 5.74) is 0.130. The van der Waals surface area contributed by atoms with E-state index in [2.05, 4.69) is 9.73 Å². The van der Waals surface area contributed by atoms with Crippen molar-refractivity contribution >= 4 is 17.9 Å². The number of ether oxygens (including phenoxy) is 1. The number of rotatable bonds is 3. The number of hydrogen-bond donors (Lipinski definition) is 0. The monoisotopic (exact) mass is 307 g/mol. The standard InChI is InChI=1S/C16H12F3NO2/c1-22-15(21)14-8-3-2-5-11(14)10-20-13-7-4-6-12(9-13)16(17,18)19/h2-10H,1H3. The zero-order chi connectivity index (χ0) is 16.2. The normalized spacial score (nSPS) is 11.6. The highest BCUT2D eigenvalue weighted by Crippen LogP contribution is 2.31. The molecule has 2 aromatic rings. The fourth-order valence-corrected chi connectivity index (χ4v) is 1.81. The van der Waals surface area contributed by atoms with Gasteiger partial charge in [-0.05, 0) is 24.3 Å². The molecule has 6 heteroatoms. The van der Waals surface area contributed by atoms with Crippen LogP contribution in [0.4, 0.5) is 18.9 Å². The van der Waals surface area contributed by atoms with Crippen molar-refractivity contribution in [3.8, 4) is 0 Å². The summed E-state index contributed by atoms with van der Waals surface area (Å²) in [6, 6.07) is 11.2. The van der Waals surface area contributed by atoms with Gasteiger partial charge in [0.25, 0.3) is 0 Å². The Labute approximate surface area is 125 Å². The second kappa shape index (κ2) is 6.43. The van der Waals surface area contributed by atoms with Crippen molar-refractivity contribution in [2.24, 2.45) is 4.99 Å². The Morgan fingerprint density at radius 2 is 1.86 bits per heavy atom. The lowest BCUT2D eigenvalue weighted by Crippen LogP contribution is -2.05. The van der Waals surface area contributed by atoms with E-state index in [1.807, 2.05) is 0 Å². The molecular weight excluding hydrogens is 295 g/mol. The van der Waals surface area contributed by atoms with Crippen LogP contribution >= 0.6 is 0 Å². The molecule has 0 aliphatic heterocycles. The number of aliphatic imine (C=N–C) groups is 1. The molecule has 114 valence electrons. The van der Waals surface area contributed by atoms with Gasteiger partial charge in [0, 0.05) is 11.8 Å². The molecule has 0 radical (unpaired) electrons. The van der Waals surface area contributed by atoms with E-state index in [1.54, 1.807) is 24.3 Å². The highest BCUT2D eigenvalue weighted by molar-refractivity contribution is 5.99. The Bertz CT molecular complexity index is 709. The zero-order valence-electron chi connectivity index (χ0n) is 11.6. The first-order valence-corrected chi connectivity index (χ1v) is 6.30. The Morgan fingerprint density at radius 1 is 1.14 bits per heavy atom. The minimum atomic E-state index is -4.42. The van der Waals surface area contributed by atoms with Crippen LogP contribution in [0.5, 0.6) is 0 Å². The first-order valence-electron chi connectivity index (χ1n) is 6.30. The van der Waals surface area contributed by atoms with Gasteiger partial charge in [-0.1, -0.05) is 24.3 Å². The van der Waals surface area contributed by atoms with Gasteiger partial charge in [0.2, 0.25) is 0 Å². The molecule has 0 fully saturated rings. The van der Waals surface area contributed by atoms with Crippen LogP contribution in [0.25, 0.3) is 0 Å². The van der Waals surface area contributed by atoms with Crippen LogP contribution in [0.2, 0.25) is 0 Å². The second-order valence-electron chi connectivity index (χ2n) is 4.39. The third-order valence-corrected chi connectivity index (χ3v) is 2.89. The maximum Gasteiger partial charge on any atom is 0.416 e. The van der Waals surface area contributed by atoms with Crippen molar-refractivity contribution in [2.75, 3.05) is 7.11 Å². The van der Waals surface area contributed by atoms with Crippen molar-refractivity contribution < 1.29 is 22.7 Å². The molecule has 0 aromatic heterocycles. The van der Waals surface area contributed by atoms with Crippen molar-refractivity contribution in [2.45, 2.75) is 6.18 Å². The number of hydrogen-bond acceptors (Lipinski definition) is 3. The minimum Gasteiger partial charge on any atom is -0.465 e. The molecule has 0 spiro atoms. The van der Waals surface area contributed by atoms with Crippen molar-refractivity contribution in [1.29, 1.82) is 0 Å². The van der Waals surface area contributed by atoms with E-state index in [0.29, 0.717) is 11.1 Å². The van der Waals surface area contributed by atoms with E-state index in [-0.39, 0.29) is 5.69 Å². The summed E-state index contributed by atoms with van der Waals surface area (Å²) in [5.74, 6) is -0.536. The fraction of sp³-hybridized carbons (Fsp3) is 0.125. The van der Waals surface area contributed by atoms with Crippen LogP contribution in [0.15, 0.2) is 53.5 Å². The van der Waals surface area contributed by atoms with Crippen LogP contribution in [0, 0.1) is 0 Å². The summed E-state index contributed by atoms with van der Waals surface area (Å²) in [4.78, 5) is 15.6. The highest BCUT2D eigenvalue weighted by Gasteiger charge is 2.30. The molecule has 0 saturated heterocycles. The Kier molecular flexibility index (Phi) is 4.60. The molecule has 0 N–H and O–H groups in total. The Hall–Kier alpha value is -2.63. The van der Waals surface area contributed by atoms with Gasteiger partial charge in [0.05, 0.1) is 23.9 Å². The van der Waals surface area contributed by atoms with Gasteiger partial charge in [0.1, 0.15) is 0 Å². The van der Waals surface area contributed by atoms with Crippen molar-refractivity contribution in [3.63, 3.8) is 0 Å². The van der Waals surface area contributed by atoms with Crippen LogP contribution in [0.1, 0.15) is 21.5 Å². The molecule has 0 aliphatic rings. The highest BCUT2D eigenvalue weighted by atomic mass is 19.4. The quantitative estimate of drug-likeness (QED) is 0.628. The molecule has 3 nitrogen and oxygen atoms in total. The molecular formula is C16H12F3NO2. The average Bonchev–Trinajstić information content (AvgIpc) is 2.52. The number of carbonyl (C=O) groups is 1. The third-order valence-electron chi connectivity index (χ3n) is 2.89. The lowest BCUT2D eigenvalue weighted by molar-refractivity contribution is -0.137. The second-order valence-corrected chi connectivity index (χ2v) is 4.39. The summed E-state index contributed by atoms with van der Waals surface area (Å²) >= 11 is 0. The smallest absolute Gasteiger partial charge is 0.416 e. The number of esters is 1. The summed E-state index contributed by atoms with van der Waals surface area (Å²) in [6.45, 7) is 0. The van der Waals surface area contributed by atoms with Gasteiger partial charge >= 0.3 is 12.1 Å². The molecule has 22 heavy (non-hydrogen) atoms. The molecule has 0 aliphatic carbocycles. The molecule has 0 atom stereocenters. The SMILES string of the molecule is COC(=O)c1ccccc1C=Nc1cccc(C(F)(F)F)c1. The first kappa shape index (κ1) is 15.8. The molecule has 0 saturated carbocycles. The molecule has 0 heterocycles. The van der Waals surface area contributed by atoms with Gasteiger partial charge in [-0.15, -0.1) is 0 Å². The minimum absolute atomic E-state index is 0.148. The van der Waals surface area contributed by atoms with Gasteiger partial charge in [-0.2, -0.15) is 13.2 Å². The van der Waals surface area contributed by atoms with Crippen LogP contribution < -0.4 is 0 Å². The molecule has 2 rings (SSSR count). The number of carbonyl (C=O) groups excluding carboxylic acids is 1. The Balaban J connectivity index is 2.32. The Morgan fingerprint density at radius 3 is 2.55 bits per heavy atom. The topological polar surface area (TPSA) is 38.7 Å². The van der Waals surface area contributed by atoms with E-state index < -0.39 is 17.7 Å². The fourth-order valence-electron chi connectivity index (χ4n) is 1.81. The maximum absolute atomic E-state index is 12.6. The van der Waals surface area contributed by atoms with Gasteiger partial charge in [-0.3, -0.25) is 4.99 Å². The first-order chi connectivity index (χ1) is 10.4. The van der Waals surface area contributed by atoms with E-state index in [1.165, 1.54) is 25.5 Å². The molecule has 0 unspecified atom stereocenters. The summed E-state index contributed by atoms with van der Waals surface area (Å²) < 4.78 is 42.5. The molecule has 0 amide bonds. The molecule has 0 bridgehead atoms. The van der Waals surface area contributed by atoms with E-state index in [4.69, 9.17) is 0 Å². The number of halogens is 3. The lowest BCUT2D eigenvalue weighted by Gasteiger charge is -2.06. The number of methoxy groups -OCH3 is 1. The van der Waals surface area contributed by atoms with Crippen LogP contribution in [-0.2, 0) is 10.9 Å². The van der Waals surface area contributed by atoms with E-state index in [9.17, 15) is 18.0 Å².